The Morgan fingerprint density at radius 2 is 2.19 bits per heavy atom. The van der Waals surface area contributed by atoms with E-state index < -0.39 is 0 Å². The molecule has 0 spiro atoms. The van der Waals surface area contributed by atoms with Crippen molar-refractivity contribution in [3.8, 4) is 0 Å². The molecule has 92 valence electrons. The average molecular weight is 228 g/mol. The fraction of sp³-hybridized carbons (Fsp3) is 0.909. The summed E-state index contributed by atoms with van der Waals surface area (Å²) in [4.78, 5) is 10.8. The van der Waals surface area contributed by atoms with Gasteiger partial charge >= 0.3 is 6.09 Å². The Balaban J connectivity index is 1.73. The zero-order valence-corrected chi connectivity index (χ0v) is 9.48. The molecule has 5 nitrogen and oxygen atoms in total. The Kier molecular flexibility index (Phi) is 4.01. The topological polar surface area (TPSA) is 73.6 Å². The quantitative estimate of drug-likeness (QED) is 0.700. The van der Waals surface area contributed by atoms with E-state index in [0.29, 0.717) is 13.2 Å². The van der Waals surface area contributed by atoms with Crippen molar-refractivity contribution in [1.29, 1.82) is 0 Å². The summed E-state index contributed by atoms with van der Waals surface area (Å²) in [6.45, 7) is 0.998. The van der Waals surface area contributed by atoms with Crippen LogP contribution in [0, 0.1) is 0 Å². The van der Waals surface area contributed by atoms with E-state index in [1.165, 1.54) is 19.3 Å². The minimum Gasteiger partial charge on any atom is -0.442 e. The van der Waals surface area contributed by atoms with Crippen molar-refractivity contribution >= 4 is 6.09 Å². The molecule has 2 fully saturated rings. The Labute approximate surface area is 95.7 Å². The summed E-state index contributed by atoms with van der Waals surface area (Å²) < 4.78 is 10.8. The van der Waals surface area contributed by atoms with Gasteiger partial charge in [-0.1, -0.05) is 19.3 Å². The van der Waals surface area contributed by atoms with Gasteiger partial charge in [0, 0.05) is 6.04 Å². The van der Waals surface area contributed by atoms with Crippen LogP contribution in [0.1, 0.15) is 32.1 Å². The van der Waals surface area contributed by atoms with Crippen LogP contribution < -0.4 is 11.1 Å². The second-order valence-corrected chi connectivity index (χ2v) is 4.58. The van der Waals surface area contributed by atoms with Crippen molar-refractivity contribution in [2.45, 2.75) is 50.4 Å². The van der Waals surface area contributed by atoms with Crippen LogP contribution in [0.25, 0.3) is 0 Å². The van der Waals surface area contributed by atoms with E-state index in [1.54, 1.807) is 0 Å². The van der Waals surface area contributed by atoms with Crippen LogP contribution in [-0.2, 0) is 9.47 Å². The van der Waals surface area contributed by atoms with Crippen molar-refractivity contribution < 1.29 is 14.3 Å². The summed E-state index contributed by atoms with van der Waals surface area (Å²) in [6.07, 6.45) is 5.31. The van der Waals surface area contributed by atoms with E-state index >= 15 is 0 Å². The van der Waals surface area contributed by atoms with Gasteiger partial charge in [-0.2, -0.15) is 0 Å². The fourth-order valence-corrected chi connectivity index (χ4v) is 2.26. The van der Waals surface area contributed by atoms with Crippen molar-refractivity contribution in [2.24, 2.45) is 5.73 Å². The largest absolute Gasteiger partial charge is 0.442 e. The van der Waals surface area contributed by atoms with Gasteiger partial charge in [-0.05, 0) is 12.8 Å². The number of cyclic esters (lactones) is 1. The lowest BCUT2D eigenvalue weighted by atomic mass is 10.1. The van der Waals surface area contributed by atoms with Crippen LogP contribution in [0.3, 0.4) is 0 Å². The van der Waals surface area contributed by atoms with E-state index in [1.807, 2.05) is 0 Å². The number of hydrogen-bond acceptors (Lipinski definition) is 4. The first-order valence-electron chi connectivity index (χ1n) is 6.07. The third kappa shape index (κ3) is 3.09. The Morgan fingerprint density at radius 1 is 1.38 bits per heavy atom. The summed E-state index contributed by atoms with van der Waals surface area (Å²) in [6, 6.07) is 0.132. The van der Waals surface area contributed by atoms with Gasteiger partial charge in [0.1, 0.15) is 6.10 Å². The van der Waals surface area contributed by atoms with Gasteiger partial charge in [0.25, 0.3) is 0 Å². The molecule has 2 aliphatic rings. The van der Waals surface area contributed by atoms with Crippen molar-refractivity contribution in [2.75, 3.05) is 13.2 Å². The normalized spacial score (nSPS) is 35.3. The minimum absolute atomic E-state index is 0.127. The van der Waals surface area contributed by atoms with Crippen LogP contribution in [-0.4, -0.2) is 37.5 Å². The van der Waals surface area contributed by atoms with Crippen LogP contribution in [0.5, 0.6) is 0 Å². The molecule has 1 aliphatic carbocycles. The summed E-state index contributed by atoms with van der Waals surface area (Å²) in [7, 11) is 0. The maximum Gasteiger partial charge on any atom is 0.407 e. The second kappa shape index (κ2) is 5.50. The minimum atomic E-state index is -0.348. The van der Waals surface area contributed by atoms with E-state index in [-0.39, 0.29) is 24.3 Å². The number of rotatable bonds is 3. The highest BCUT2D eigenvalue weighted by Crippen LogP contribution is 2.19. The first-order chi connectivity index (χ1) is 7.75. The maximum absolute atomic E-state index is 10.8. The zero-order valence-electron chi connectivity index (χ0n) is 9.48. The van der Waals surface area contributed by atoms with Crippen LogP contribution in [0.2, 0.25) is 0 Å². The summed E-state index contributed by atoms with van der Waals surface area (Å²) in [5.74, 6) is 0. The Hall–Kier alpha value is -0.810. The van der Waals surface area contributed by atoms with Crippen molar-refractivity contribution in [3.05, 3.63) is 0 Å². The zero-order chi connectivity index (χ0) is 11.4. The molecular formula is C11H20N2O3. The molecule has 0 aromatic rings. The molecule has 0 aromatic carbocycles. The molecule has 0 aromatic heterocycles. The van der Waals surface area contributed by atoms with Gasteiger partial charge in [-0.15, -0.1) is 0 Å². The number of alkyl carbamates (subject to hydrolysis) is 1. The molecule has 1 saturated carbocycles. The molecule has 5 heteroatoms. The van der Waals surface area contributed by atoms with E-state index in [0.717, 1.165) is 12.8 Å². The molecule has 0 radical (unpaired) electrons. The fourth-order valence-electron chi connectivity index (χ4n) is 2.26. The lowest BCUT2D eigenvalue weighted by Gasteiger charge is -2.22. The molecule has 1 heterocycles. The highest BCUT2D eigenvalue weighted by atomic mass is 16.6. The molecule has 3 N–H and O–H groups in total. The Bertz CT molecular complexity index is 247. The van der Waals surface area contributed by atoms with Crippen LogP contribution in [0.4, 0.5) is 4.79 Å². The third-order valence-corrected chi connectivity index (χ3v) is 3.25. The van der Waals surface area contributed by atoms with Crippen molar-refractivity contribution in [3.63, 3.8) is 0 Å². The highest BCUT2D eigenvalue weighted by molar-refractivity contribution is 5.69. The smallest absolute Gasteiger partial charge is 0.407 e. The first-order valence-corrected chi connectivity index (χ1v) is 6.07. The molecule has 3 unspecified atom stereocenters. The molecule has 1 amide bonds. The van der Waals surface area contributed by atoms with E-state index in [2.05, 4.69) is 5.32 Å². The number of carbonyl (C=O) groups is 1. The third-order valence-electron chi connectivity index (χ3n) is 3.25. The second-order valence-electron chi connectivity index (χ2n) is 4.58. The van der Waals surface area contributed by atoms with Gasteiger partial charge in [0.2, 0.25) is 0 Å². The number of amides is 1. The van der Waals surface area contributed by atoms with Crippen molar-refractivity contribution in [1.82, 2.24) is 5.32 Å². The van der Waals surface area contributed by atoms with E-state index in [4.69, 9.17) is 15.2 Å². The maximum atomic E-state index is 10.8. The molecular weight excluding hydrogens is 208 g/mol. The highest BCUT2D eigenvalue weighted by Gasteiger charge is 2.26. The van der Waals surface area contributed by atoms with Gasteiger partial charge in [-0.25, -0.2) is 4.79 Å². The number of ether oxygens (including phenoxy) is 2. The molecule has 16 heavy (non-hydrogen) atoms. The van der Waals surface area contributed by atoms with Crippen LogP contribution >= 0.6 is 0 Å². The predicted molar refractivity (Wildman–Crippen MR) is 59.1 cm³/mol. The van der Waals surface area contributed by atoms with E-state index in [9.17, 15) is 4.79 Å². The lowest BCUT2D eigenvalue weighted by molar-refractivity contribution is -0.0138. The number of carbonyl (C=O) groups excluding carboxylic acids is 1. The molecule has 1 aliphatic heterocycles. The van der Waals surface area contributed by atoms with Gasteiger partial charge in [-0.3, -0.25) is 0 Å². The standard InChI is InChI=1S/C11H20N2O3/c12-9-4-2-1-3-5-10(9)15-7-8-6-13-11(14)16-8/h8-10H,1-7,12H2,(H,13,14). The SMILES string of the molecule is NC1CCCCCC1OCC1CNC(=O)O1. The average Bonchev–Trinajstić information content (AvgIpc) is 2.56. The number of nitrogens with two attached hydrogens (primary N) is 1. The Morgan fingerprint density at radius 3 is 2.94 bits per heavy atom. The predicted octanol–water partition coefficient (Wildman–Crippen LogP) is 0.771. The molecule has 0 bridgehead atoms. The first kappa shape index (κ1) is 11.7. The summed E-state index contributed by atoms with van der Waals surface area (Å²) in [5, 5.41) is 2.61. The number of nitrogens with one attached hydrogen (secondary N) is 1. The monoisotopic (exact) mass is 228 g/mol. The molecule has 1 saturated heterocycles. The molecule has 2 rings (SSSR count). The molecule has 3 atom stereocenters. The van der Waals surface area contributed by atoms with Crippen LogP contribution in [0.15, 0.2) is 0 Å². The van der Waals surface area contributed by atoms with Gasteiger partial charge in [0.15, 0.2) is 0 Å². The summed E-state index contributed by atoms with van der Waals surface area (Å²) >= 11 is 0. The lowest BCUT2D eigenvalue weighted by Crippen LogP contribution is -2.37. The number of hydrogen-bond donors (Lipinski definition) is 2. The van der Waals surface area contributed by atoms with Gasteiger partial charge < -0.3 is 20.5 Å². The van der Waals surface area contributed by atoms with Gasteiger partial charge in [0.05, 0.1) is 19.3 Å². The summed E-state index contributed by atoms with van der Waals surface area (Å²) in [5.41, 5.74) is 6.04.